The summed E-state index contributed by atoms with van der Waals surface area (Å²) < 4.78 is 16.8. The van der Waals surface area contributed by atoms with Crippen molar-refractivity contribution >= 4 is 33.7 Å². The largest absolute Gasteiger partial charge is 0.493 e. The van der Waals surface area contributed by atoms with Crippen LogP contribution in [0.15, 0.2) is 40.9 Å². The summed E-state index contributed by atoms with van der Waals surface area (Å²) in [5.74, 6) is -1.32. The van der Waals surface area contributed by atoms with E-state index in [2.05, 4.69) is 15.9 Å². The first-order valence-corrected chi connectivity index (χ1v) is 10.4. The van der Waals surface area contributed by atoms with E-state index in [0.717, 1.165) is 4.47 Å². The van der Waals surface area contributed by atoms with Gasteiger partial charge >= 0.3 is 5.97 Å². The van der Waals surface area contributed by atoms with Crippen LogP contribution in [0.3, 0.4) is 0 Å². The van der Waals surface area contributed by atoms with Gasteiger partial charge in [-0.05, 0) is 48.4 Å². The number of methoxy groups -OCH3 is 3. The van der Waals surface area contributed by atoms with E-state index in [1.165, 1.54) is 26.2 Å². The Kier molecular flexibility index (Phi) is 8.89. The molecule has 2 aromatic carbocycles. The van der Waals surface area contributed by atoms with Crippen LogP contribution in [0.5, 0.6) is 17.2 Å². The van der Waals surface area contributed by atoms with Gasteiger partial charge in [0.15, 0.2) is 11.5 Å². The van der Waals surface area contributed by atoms with Gasteiger partial charge < -0.3 is 30.0 Å². The SMILES string of the molecule is COc1cc(CN(C(=O)c2ccc(Br)cc2)[C@@H](CCC(N)=O)C(=O)O)cc(OC)c1OC. The molecule has 0 bridgehead atoms. The molecule has 0 unspecified atom stereocenters. The van der Waals surface area contributed by atoms with Crippen molar-refractivity contribution in [1.82, 2.24) is 4.90 Å². The number of carboxylic acid groups (broad SMARTS) is 1. The van der Waals surface area contributed by atoms with Crippen LogP contribution in [0.25, 0.3) is 0 Å². The molecule has 172 valence electrons. The first kappa shape index (κ1) is 25.0. The van der Waals surface area contributed by atoms with Crippen LogP contribution in [0.1, 0.15) is 28.8 Å². The van der Waals surface area contributed by atoms with Gasteiger partial charge in [-0.15, -0.1) is 0 Å². The van der Waals surface area contributed by atoms with E-state index in [9.17, 15) is 19.5 Å². The Bertz CT molecular complexity index is 954. The molecule has 0 saturated carbocycles. The van der Waals surface area contributed by atoms with Crippen molar-refractivity contribution < 1.29 is 33.7 Å². The topological polar surface area (TPSA) is 128 Å². The number of nitrogens with zero attached hydrogens (tertiary/aromatic N) is 1. The second-order valence-electron chi connectivity index (χ2n) is 6.83. The molecule has 0 spiro atoms. The Hall–Kier alpha value is -3.27. The highest BCUT2D eigenvalue weighted by Gasteiger charge is 2.31. The quantitative estimate of drug-likeness (QED) is 0.477. The average Bonchev–Trinajstić information content (AvgIpc) is 2.77. The van der Waals surface area contributed by atoms with Crippen LogP contribution in [0.4, 0.5) is 0 Å². The van der Waals surface area contributed by atoms with Crippen LogP contribution in [-0.2, 0) is 16.1 Å². The van der Waals surface area contributed by atoms with Gasteiger partial charge in [-0.3, -0.25) is 9.59 Å². The number of primary amides is 1. The standard InChI is InChI=1S/C22H25BrN2O7/c1-30-17-10-13(11-18(31-2)20(17)32-3)12-25(16(22(28)29)8-9-19(24)26)21(27)14-4-6-15(23)7-5-14/h4-7,10-11,16H,8-9,12H2,1-3H3,(H2,24,26)(H,28,29)/t16-/m0/s1. The number of carboxylic acids is 1. The van der Waals surface area contributed by atoms with Crippen molar-refractivity contribution in [2.45, 2.75) is 25.4 Å². The lowest BCUT2D eigenvalue weighted by atomic mass is 10.0. The summed E-state index contributed by atoms with van der Waals surface area (Å²) in [6.07, 6.45) is -0.312. The molecule has 0 fully saturated rings. The van der Waals surface area contributed by atoms with Crippen molar-refractivity contribution in [3.63, 3.8) is 0 Å². The third-order valence-corrected chi connectivity index (χ3v) is 5.28. The van der Waals surface area contributed by atoms with Crippen LogP contribution < -0.4 is 19.9 Å². The monoisotopic (exact) mass is 508 g/mol. The number of benzene rings is 2. The number of halogens is 1. The highest BCUT2D eigenvalue weighted by Crippen LogP contribution is 2.38. The number of amides is 2. The zero-order valence-electron chi connectivity index (χ0n) is 18.0. The molecule has 0 heterocycles. The molecular formula is C22H25BrN2O7. The van der Waals surface area contributed by atoms with E-state index in [1.54, 1.807) is 36.4 Å². The predicted molar refractivity (Wildman–Crippen MR) is 120 cm³/mol. The third kappa shape index (κ3) is 6.13. The molecule has 0 aromatic heterocycles. The highest BCUT2D eigenvalue weighted by atomic mass is 79.9. The van der Waals surface area contributed by atoms with Gasteiger partial charge in [-0.1, -0.05) is 15.9 Å². The smallest absolute Gasteiger partial charge is 0.326 e. The highest BCUT2D eigenvalue weighted by molar-refractivity contribution is 9.10. The van der Waals surface area contributed by atoms with Gasteiger partial charge in [0, 0.05) is 23.0 Å². The second kappa shape index (κ2) is 11.4. The minimum absolute atomic E-state index is 0.0820. The molecular weight excluding hydrogens is 484 g/mol. The first-order chi connectivity index (χ1) is 15.2. The molecule has 9 nitrogen and oxygen atoms in total. The summed E-state index contributed by atoms with van der Waals surface area (Å²) in [6, 6.07) is 8.53. The van der Waals surface area contributed by atoms with Crippen LogP contribution in [0.2, 0.25) is 0 Å². The summed E-state index contributed by atoms with van der Waals surface area (Å²) in [7, 11) is 4.38. The van der Waals surface area contributed by atoms with E-state index < -0.39 is 23.8 Å². The van der Waals surface area contributed by atoms with E-state index in [0.29, 0.717) is 28.4 Å². The lowest BCUT2D eigenvalue weighted by Gasteiger charge is -2.29. The van der Waals surface area contributed by atoms with Crippen LogP contribution >= 0.6 is 15.9 Å². The van der Waals surface area contributed by atoms with E-state index in [-0.39, 0.29) is 19.4 Å². The zero-order valence-corrected chi connectivity index (χ0v) is 19.5. The van der Waals surface area contributed by atoms with Gasteiger partial charge in [-0.25, -0.2) is 4.79 Å². The normalized spacial score (nSPS) is 11.4. The summed E-state index contributed by atoms with van der Waals surface area (Å²) in [5, 5.41) is 9.84. The van der Waals surface area contributed by atoms with Gasteiger partial charge in [0.1, 0.15) is 6.04 Å². The van der Waals surface area contributed by atoms with Gasteiger partial charge in [0.2, 0.25) is 11.7 Å². The maximum atomic E-state index is 13.3. The number of nitrogens with two attached hydrogens (primary N) is 1. The molecule has 1 atom stereocenters. The van der Waals surface area contributed by atoms with Crippen molar-refractivity contribution in [2.75, 3.05) is 21.3 Å². The number of aliphatic carboxylic acids is 1. The Morgan fingerprint density at radius 3 is 2.03 bits per heavy atom. The minimum Gasteiger partial charge on any atom is -0.493 e. The third-order valence-electron chi connectivity index (χ3n) is 4.75. The molecule has 2 aromatic rings. The zero-order chi connectivity index (χ0) is 23.8. The fourth-order valence-corrected chi connectivity index (χ4v) is 3.46. The Morgan fingerprint density at radius 1 is 1.03 bits per heavy atom. The summed E-state index contributed by atoms with van der Waals surface area (Å²) in [6.45, 7) is -0.0820. The van der Waals surface area contributed by atoms with Crippen LogP contribution in [-0.4, -0.2) is 55.2 Å². The van der Waals surface area contributed by atoms with Crippen LogP contribution in [0, 0.1) is 0 Å². The minimum atomic E-state index is -1.28. The number of carbonyl (C=O) groups excluding carboxylic acids is 2. The number of hydrogen-bond acceptors (Lipinski definition) is 6. The fourth-order valence-electron chi connectivity index (χ4n) is 3.20. The maximum absolute atomic E-state index is 13.3. The Balaban J connectivity index is 2.52. The average molecular weight is 509 g/mol. The Labute approximate surface area is 194 Å². The Morgan fingerprint density at radius 2 is 1.59 bits per heavy atom. The molecule has 0 radical (unpaired) electrons. The number of hydrogen-bond donors (Lipinski definition) is 2. The molecule has 10 heteroatoms. The van der Waals surface area contributed by atoms with Crippen molar-refractivity contribution in [3.05, 3.63) is 52.0 Å². The van der Waals surface area contributed by atoms with Gasteiger partial charge in [0.25, 0.3) is 5.91 Å². The maximum Gasteiger partial charge on any atom is 0.326 e. The molecule has 0 aliphatic carbocycles. The van der Waals surface area contributed by atoms with Crippen molar-refractivity contribution in [1.29, 1.82) is 0 Å². The van der Waals surface area contributed by atoms with E-state index in [1.807, 2.05) is 0 Å². The van der Waals surface area contributed by atoms with E-state index in [4.69, 9.17) is 19.9 Å². The summed E-state index contributed by atoms with van der Waals surface area (Å²) in [5.41, 5.74) is 6.07. The van der Waals surface area contributed by atoms with Gasteiger partial charge in [0.05, 0.1) is 21.3 Å². The van der Waals surface area contributed by atoms with E-state index >= 15 is 0 Å². The number of rotatable bonds is 11. The number of carbonyl (C=O) groups is 3. The second-order valence-corrected chi connectivity index (χ2v) is 7.75. The first-order valence-electron chi connectivity index (χ1n) is 9.58. The lowest BCUT2D eigenvalue weighted by Crippen LogP contribution is -2.45. The van der Waals surface area contributed by atoms with Crippen molar-refractivity contribution in [2.24, 2.45) is 5.73 Å². The molecule has 0 aliphatic heterocycles. The molecule has 0 saturated heterocycles. The molecule has 2 amide bonds. The molecule has 3 N–H and O–H groups in total. The molecule has 0 aliphatic rings. The number of ether oxygens (including phenoxy) is 3. The molecule has 32 heavy (non-hydrogen) atoms. The summed E-state index contributed by atoms with van der Waals surface area (Å²) >= 11 is 3.31. The fraction of sp³-hybridized carbons (Fsp3) is 0.318. The van der Waals surface area contributed by atoms with Gasteiger partial charge in [-0.2, -0.15) is 0 Å². The lowest BCUT2D eigenvalue weighted by molar-refractivity contribution is -0.143. The van der Waals surface area contributed by atoms with Crippen molar-refractivity contribution in [3.8, 4) is 17.2 Å². The predicted octanol–water partition coefficient (Wildman–Crippen LogP) is 2.84. The summed E-state index contributed by atoms with van der Waals surface area (Å²) in [4.78, 5) is 37.9. The molecule has 2 rings (SSSR count).